The first-order valence-corrected chi connectivity index (χ1v) is 13.0. The normalized spacial score (nSPS) is 15.1. The Kier molecular flexibility index (Phi) is 7.25. The van der Waals surface area contributed by atoms with E-state index in [1.165, 1.54) is 28.6 Å². The molecule has 0 amide bonds. The van der Waals surface area contributed by atoms with Gasteiger partial charge < -0.3 is 4.74 Å². The Morgan fingerprint density at radius 3 is 2.53 bits per heavy atom. The van der Waals surface area contributed by atoms with Gasteiger partial charge in [-0.05, 0) is 59.3 Å². The number of ether oxygens (including phenoxy) is 1. The zero-order valence-corrected chi connectivity index (χ0v) is 19.7. The molecule has 2 aromatic carbocycles. The minimum absolute atomic E-state index is 0.194. The number of thiophene rings is 1. The predicted molar refractivity (Wildman–Crippen MR) is 126 cm³/mol. The summed E-state index contributed by atoms with van der Waals surface area (Å²) in [6, 6.07) is 14.7. The minimum Gasteiger partial charge on any atom is -0.379 e. The van der Waals surface area contributed by atoms with E-state index < -0.39 is 15.8 Å². The van der Waals surface area contributed by atoms with Crippen LogP contribution >= 0.6 is 11.3 Å². The second-order valence-corrected chi connectivity index (χ2v) is 10.6. The molecule has 0 unspecified atom stereocenters. The van der Waals surface area contributed by atoms with Gasteiger partial charge in [-0.3, -0.25) is 9.21 Å². The van der Waals surface area contributed by atoms with Crippen LogP contribution in [0.4, 0.5) is 10.1 Å². The van der Waals surface area contributed by atoms with Gasteiger partial charge in [0.15, 0.2) is 0 Å². The number of hydrogen-bond donors (Lipinski definition) is 0. The Morgan fingerprint density at radius 1 is 1.09 bits per heavy atom. The van der Waals surface area contributed by atoms with E-state index in [0.29, 0.717) is 12.1 Å². The van der Waals surface area contributed by atoms with Crippen molar-refractivity contribution in [3.63, 3.8) is 0 Å². The number of aryl methyl sites for hydroxylation is 1. The lowest BCUT2D eigenvalue weighted by atomic mass is 10.2. The highest BCUT2D eigenvalue weighted by atomic mass is 32.2. The van der Waals surface area contributed by atoms with Crippen molar-refractivity contribution in [3.05, 3.63) is 81.8 Å². The molecule has 1 saturated heterocycles. The maximum atomic E-state index is 13.7. The van der Waals surface area contributed by atoms with E-state index in [0.717, 1.165) is 48.9 Å². The fraction of sp³-hybridized carbons (Fsp3) is 0.333. The Balaban J connectivity index is 1.64. The number of sulfonamides is 1. The van der Waals surface area contributed by atoms with Crippen molar-refractivity contribution in [3.8, 4) is 0 Å². The topological polar surface area (TPSA) is 49.9 Å². The molecule has 1 fully saturated rings. The van der Waals surface area contributed by atoms with E-state index in [2.05, 4.69) is 16.3 Å². The number of anilines is 1. The van der Waals surface area contributed by atoms with Gasteiger partial charge in [0, 0.05) is 24.5 Å². The Morgan fingerprint density at radius 2 is 1.81 bits per heavy atom. The molecule has 0 bridgehead atoms. The second-order valence-electron chi connectivity index (χ2n) is 7.76. The molecule has 4 rings (SSSR count). The van der Waals surface area contributed by atoms with Gasteiger partial charge in [-0.1, -0.05) is 25.1 Å². The van der Waals surface area contributed by atoms with Crippen LogP contribution in [0.5, 0.6) is 0 Å². The molecule has 0 aliphatic carbocycles. The van der Waals surface area contributed by atoms with Crippen molar-refractivity contribution in [1.29, 1.82) is 0 Å². The third kappa shape index (κ3) is 5.20. The maximum Gasteiger partial charge on any atom is 0.264 e. The van der Waals surface area contributed by atoms with Crippen LogP contribution in [0, 0.1) is 5.82 Å². The fourth-order valence-corrected chi connectivity index (χ4v) is 6.53. The lowest BCUT2D eigenvalue weighted by Gasteiger charge is -2.26. The van der Waals surface area contributed by atoms with E-state index in [4.69, 9.17) is 4.74 Å². The van der Waals surface area contributed by atoms with Crippen molar-refractivity contribution in [2.24, 2.45) is 0 Å². The highest BCUT2D eigenvalue weighted by Crippen LogP contribution is 2.30. The third-order valence-corrected chi connectivity index (χ3v) is 8.40. The van der Waals surface area contributed by atoms with Crippen LogP contribution in [0.1, 0.15) is 22.9 Å². The van der Waals surface area contributed by atoms with Crippen LogP contribution in [-0.4, -0.2) is 39.6 Å². The quantitative estimate of drug-likeness (QED) is 0.476. The average molecular weight is 475 g/mol. The van der Waals surface area contributed by atoms with E-state index in [9.17, 15) is 12.8 Å². The van der Waals surface area contributed by atoms with E-state index >= 15 is 0 Å². The zero-order chi connectivity index (χ0) is 22.6. The van der Waals surface area contributed by atoms with Gasteiger partial charge in [0.05, 0.1) is 30.3 Å². The van der Waals surface area contributed by atoms with Gasteiger partial charge in [-0.2, -0.15) is 0 Å². The molecule has 1 aliphatic rings. The largest absolute Gasteiger partial charge is 0.379 e. The molecular formula is C24H27FN2O3S2. The molecule has 0 saturated carbocycles. The SMILES string of the molecule is CCc1ccccc1S(=O)(=O)N(Cc1cc(CN2CCOCC2)cs1)c1ccc(F)cc1. The fourth-order valence-electron chi connectivity index (χ4n) is 3.84. The van der Waals surface area contributed by atoms with Crippen molar-refractivity contribution in [2.45, 2.75) is 31.3 Å². The molecule has 8 heteroatoms. The molecule has 1 aliphatic heterocycles. The van der Waals surface area contributed by atoms with Gasteiger partial charge in [0.25, 0.3) is 10.0 Å². The van der Waals surface area contributed by atoms with Crippen LogP contribution in [0.3, 0.4) is 0 Å². The monoisotopic (exact) mass is 474 g/mol. The highest BCUT2D eigenvalue weighted by molar-refractivity contribution is 7.92. The number of morpholine rings is 1. The summed E-state index contributed by atoms with van der Waals surface area (Å²) in [6.07, 6.45) is 0.607. The number of benzene rings is 2. The number of rotatable bonds is 8. The molecule has 0 radical (unpaired) electrons. The molecular weight excluding hydrogens is 447 g/mol. The smallest absolute Gasteiger partial charge is 0.264 e. The standard InChI is InChI=1S/C24H27FN2O3S2/c1-2-20-5-3-4-6-24(20)32(28,29)27(22-9-7-21(25)8-10-22)17-23-15-19(18-31-23)16-26-11-13-30-14-12-26/h3-10,15,18H,2,11-14,16-17H2,1H3. The molecule has 170 valence electrons. The molecule has 1 aromatic heterocycles. The summed E-state index contributed by atoms with van der Waals surface area (Å²) in [5, 5.41) is 2.08. The molecule has 0 atom stereocenters. The van der Waals surface area contributed by atoms with Gasteiger partial charge in [-0.25, -0.2) is 12.8 Å². The zero-order valence-electron chi connectivity index (χ0n) is 18.0. The average Bonchev–Trinajstić information content (AvgIpc) is 3.25. The lowest BCUT2D eigenvalue weighted by molar-refractivity contribution is 0.0342. The molecule has 3 aromatic rings. The van der Waals surface area contributed by atoms with Crippen molar-refractivity contribution < 1.29 is 17.5 Å². The summed E-state index contributed by atoms with van der Waals surface area (Å²) in [7, 11) is -3.84. The summed E-state index contributed by atoms with van der Waals surface area (Å²) in [5.41, 5.74) is 2.37. The summed E-state index contributed by atoms with van der Waals surface area (Å²) < 4.78 is 47.8. The van der Waals surface area contributed by atoms with E-state index in [-0.39, 0.29) is 11.4 Å². The first-order chi connectivity index (χ1) is 15.5. The number of nitrogens with zero attached hydrogens (tertiary/aromatic N) is 2. The number of halogens is 1. The van der Waals surface area contributed by atoms with Gasteiger partial charge in [0.1, 0.15) is 5.82 Å². The van der Waals surface area contributed by atoms with Crippen molar-refractivity contribution in [2.75, 3.05) is 30.6 Å². The van der Waals surface area contributed by atoms with Gasteiger partial charge in [-0.15, -0.1) is 11.3 Å². The summed E-state index contributed by atoms with van der Waals surface area (Å²) in [5.74, 6) is -0.399. The van der Waals surface area contributed by atoms with Crippen molar-refractivity contribution >= 4 is 27.0 Å². The van der Waals surface area contributed by atoms with Gasteiger partial charge in [0.2, 0.25) is 0 Å². The summed E-state index contributed by atoms with van der Waals surface area (Å²) >= 11 is 1.55. The van der Waals surface area contributed by atoms with Crippen LogP contribution in [0.2, 0.25) is 0 Å². The van der Waals surface area contributed by atoms with Crippen LogP contribution < -0.4 is 4.31 Å². The van der Waals surface area contributed by atoms with E-state index in [1.807, 2.05) is 19.1 Å². The highest BCUT2D eigenvalue weighted by Gasteiger charge is 2.28. The maximum absolute atomic E-state index is 13.7. The summed E-state index contributed by atoms with van der Waals surface area (Å²) in [6.45, 7) is 6.23. The first kappa shape index (κ1) is 22.9. The summed E-state index contributed by atoms with van der Waals surface area (Å²) in [4.78, 5) is 3.56. The third-order valence-electron chi connectivity index (χ3n) is 5.55. The van der Waals surface area contributed by atoms with Crippen molar-refractivity contribution in [1.82, 2.24) is 4.90 Å². The van der Waals surface area contributed by atoms with Crippen LogP contribution in [-0.2, 0) is 34.3 Å². The number of hydrogen-bond acceptors (Lipinski definition) is 5. The second kappa shape index (κ2) is 10.1. The molecule has 32 heavy (non-hydrogen) atoms. The van der Waals surface area contributed by atoms with Gasteiger partial charge >= 0.3 is 0 Å². The first-order valence-electron chi connectivity index (χ1n) is 10.7. The molecule has 0 spiro atoms. The Bertz CT molecular complexity index is 1140. The minimum atomic E-state index is -3.84. The lowest BCUT2D eigenvalue weighted by Crippen LogP contribution is -2.35. The molecule has 5 nitrogen and oxygen atoms in total. The molecule has 2 heterocycles. The van der Waals surface area contributed by atoms with Crippen LogP contribution in [0.25, 0.3) is 0 Å². The predicted octanol–water partition coefficient (Wildman–Crippen LogP) is 4.68. The Labute approximate surface area is 193 Å². The van der Waals surface area contributed by atoms with E-state index in [1.54, 1.807) is 23.5 Å². The van der Waals surface area contributed by atoms with Crippen LogP contribution in [0.15, 0.2) is 64.9 Å². The molecule has 0 N–H and O–H groups in total. The Hall–Kier alpha value is -2.26.